The van der Waals surface area contributed by atoms with Gasteiger partial charge in [-0.2, -0.15) is 5.10 Å². The number of aromatic nitrogens is 2. The summed E-state index contributed by atoms with van der Waals surface area (Å²) in [6, 6.07) is 8.37. The SMILES string of the molecule is CCOC(=O)c1c2cc(-c3ccc(OC)cc3F)c(C)cc2nn1COCCC(C)(C)C. The lowest BCUT2D eigenvalue weighted by molar-refractivity contribution is 0.0388. The lowest BCUT2D eigenvalue weighted by Gasteiger charge is -2.17. The fourth-order valence-electron chi connectivity index (χ4n) is 3.45. The van der Waals surface area contributed by atoms with Crippen molar-refractivity contribution in [3.8, 4) is 16.9 Å². The smallest absolute Gasteiger partial charge is 0.357 e. The van der Waals surface area contributed by atoms with Crippen LogP contribution in [-0.4, -0.2) is 36.1 Å². The first-order valence-electron chi connectivity index (χ1n) is 10.7. The summed E-state index contributed by atoms with van der Waals surface area (Å²) in [7, 11) is 1.50. The van der Waals surface area contributed by atoms with Gasteiger partial charge in [-0.15, -0.1) is 0 Å². The zero-order valence-corrected chi connectivity index (χ0v) is 19.6. The fourth-order valence-corrected chi connectivity index (χ4v) is 3.45. The molecule has 6 nitrogen and oxygen atoms in total. The molecule has 0 aliphatic rings. The Morgan fingerprint density at radius 3 is 2.53 bits per heavy atom. The number of halogens is 1. The van der Waals surface area contributed by atoms with Crippen LogP contribution >= 0.6 is 0 Å². The minimum Gasteiger partial charge on any atom is -0.497 e. The molecule has 0 fully saturated rings. The maximum absolute atomic E-state index is 14.8. The van der Waals surface area contributed by atoms with Crippen molar-refractivity contribution in [3.63, 3.8) is 0 Å². The van der Waals surface area contributed by atoms with Crippen molar-refractivity contribution in [3.05, 3.63) is 47.4 Å². The average molecular weight is 443 g/mol. The number of carbonyl (C=O) groups excluding carboxylic acids is 1. The molecule has 1 heterocycles. The highest BCUT2D eigenvalue weighted by Gasteiger charge is 2.22. The van der Waals surface area contributed by atoms with Crippen LogP contribution in [0, 0.1) is 18.2 Å². The van der Waals surface area contributed by atoms with Gasteiger partial charge in [0.05, 0.1) is 19.2 Å². The molecule has 7 heteroatoms. The Morgan fingerprint density at radius 2 is 1.91 bits per heavy atom. The molecule has 32 heavy (non-hydrogen) atoms. The summed E-state index contributed by atoms with van der Waals surface area (Å²) >= 11 is 0. The zero-order chi connectivity index (χ0) is 23.5. The summed E-state index contributed by atoms with van der Waals surface area (Å²) in [5, 5.41) is 5.17. The molecule has 0 unspecified atom stereocenters. The second-order valence-corrected chi connectivity index (χ2v) is 8.95. The third-order valence-electron chi connectivity index (χ3n) is 5.23. The summed E-state index contributed by atoms with van der Waals surface area (Å²) in [4.78, 5) is 12.8. The maximum atomic E-state index is 14.8. The van der Waals surface area contributed by atoms with Crippen LogP contribution < -0.4 is 4.74 Å². The van der Waals surface area contributed by atoms with E-state index in [0.717, 1.165) is 12.0 Å². The van der Waals surface area contributed by atoms with Crippen LogP contribution in [0.1, 0.15) is 50.2 Å². The van der Waals surface area contributed by atoms with Crippen LogP contribution in [0.4, 0.5) is 4.39 Å². The average Bonchev–Trinajstić information content (AvgIpc) is 3.07. The van der Waals surface area contributed by atoms with E-state index in [9.17, 15) is 9.18 Å². The van der Waals surface area contributed by atoms with E-state index in [1.165, 1.54) is 17.9 Å². The monoisotopic (exact) mass is 442 g/mol. The quantitative estimate of drug-likeness (QED) is 0.328. The lowest BCUT2D eigenvalue weighted by Crippen LogP contribution is -2.17. The maximum Gasteiger partial charge on any atom is 0.357 e. The highest BCUT2D eigenvalue weighted by atomic mass is 19.1. The molecule has 172 valence electrons. The molecule has 3 aromatic rings. The van der Waals surface area contributed by atoms with Gasteiger partial charge in [0.25, 0.3) is 0 Å². The number of carbonyl (C=O) groups is 1. The number of fused-ring (bicyclic) bond motifs is 1. The Kier molecular flexibility index (Phi) is 7.19. The van der Waals surface area contributed by atoms with Crippen LogP contribution in [0.2, 0.25) is 0 Å². The minimum absolute atomic E-state index is 0.129. The number of aryl methyl sites for hydroxylation is 1. The van der Waals surface area contributed by atoms with E-state index >= 15 is 0 Å². The highest BCUT2D eigenvalue weighted by Crippen LogP contribution is 2.33. The highest BCUT2D eigenvalue weighted by molar-refractivity contribution is 6.04. The van der Waals surface area contributed by atoms with Gasteiger partial charge >= 0.3 is 5.97 Å². The van der Waals surface area contributed by atoms with Gasteiger partial charge in [0.15, 0.2) is 5.69 Å². The first kappa shape index (κ1) is 23.7. The van der Waals surface area contributed by atoms with Gasteiger partial charge < -0.3 is 14.2 Å². The third-order valence-corrected chi connectivity index (χ3v) is 5.23. The van der Waals surface area contributed by atoms with Crippen LogP contribution in [0.5, 0.6) is 5.75 Å². The molecule has 0 amide bonds. The second-order valence-electron chi connectivity index (χ2n) is 8.95. The topological polar surface area (TPSA) is 62.6 Å². The number of nitrogens with zero attached hydrogens (tertiary/aromatic N) is 2. The lowest BCUT2D eigenvalue weighted by atomic mass is 9.93. The van der Waals surface area contributed by atoms with Crippen molar-refractivity contribution in [2.75, 3.05) is 20.3 Å². The van der Waals surface area contributed by atoms with Gasteiger partial charge in [0.1, 0.15) is 18.3 Å². The van der Waals surface area contributed by atoms with Crippen LogP contribution in [-0.2, 0) is 16.2 Å². The number of ether oxygens (including phenoxy) is 3. The molecule has 2 aromatic carbocycles. The fraction of sp³-hybridized carbons (Fsp3) is 0.440. The Labute approximate surface area is 188 Å². The van der Waals surface area contributed by atoms with E-state index in [1.54, 1.807) is 25.1 Å². The first-order chi connectivity index (χ1) is 15.1. The Balaban J connectivity index is 2.04. The second kappa shape index (κ2) is 9.69. The van der Waals surface area contributed by atoms with Gasteiger partial charge in [-0.05, 0) is 61.1 Å². The predicted molar refractivity (Wildman–Crippen MR) is 122 cm³/mol. The van der Waals surface area contributed by atoms with Crippen molar-refractivity contribution in [1.82, 2.24) is 9.78 Å². The number of esters is 1. The molecule has 0 aliphatic carbocycles. The first-order valence-corrected chi connectivity index (χ1v) is 10.7. The molecule has 1 aromatic heterocycles. The Bertz CT molecular complexity index is 1120. The molecule has 0 saturated carbocycles. The van der Waals surface area contributed by atoms with Gasteiger partial charge in [-0.25, -0.2) is 13.9 Å². The molecule has 0 aliphatic heterocycles. The van der Waals surface area contributed by atoms with Gasteiger partial charge in [0, 0.05) is 23.6 Å². The minimum atomic E-state index is -0.487. The van der Waals surface area contributed by atoms with Crippen LogP contribution in [0.3, 0.4) is 0 Å². The number of methoxy groups -OCH3 is 1. The van der Waals surface area contributed by atoms with Gasteiger partial charge in [-0.3, -0.25) is 0 Å². The summed E-state index contributed by atoms with van der Waals surface area (Å²) in [6.45, 7) is 11.0. The largest absolute Gasteiger partial charge is 0.497 e. The normalized spacial score (nSPS) is 11.7. The molecule has 0 N–H and O–H groups in total. The summed E-state index contributed by atoms with van der Waals surface area (Å²) in [5.41, 5.74) is 3.02. The zero-order valence-electron chi connectivity index (χ0n) is 19.6. The summed E-state index contributed by atoms with van der Waals surface area (Å²) in [6.07, 6.45) is 0.878. The van der Waals surface area contributed by atoms with Crippen molar-refractivity contribution in [2.45, 2.75) is 47.8 Å². The Morgan fingerprint density at radius 1 is 1.16 bits per heavy atom. The van der Waals surface area contributed by atoms with E-state index in [4.69, 9.17) is 14.2 Å². The molecule has 0 atom stereocenters. The number of benzene rings is 2. The van der Waals surface area contributed by atoms with Crippen LogP contribution in [0.15, 0.2) is 30.3 Å². The third kappa shape index (κ3) is 5.27. The van der Waals surface area contributed by atoms with Crippen molar-refractivity contribution >= 4 is 16.9 Å². The van der Waals surface area contributed by atoms with E-state index in [-0.39, 0.29) is 18.8 Å². The molecule has 3 rings (SSSR count). The van der Waals surface area contributed by atoms with Gasteiger partial charge in [0.2, 0.25) is 0 Å². The molecule has 0 saturated heterocycles. The number of hydrogen-bond donors (Lipinski definition) is 0. The van der Waals surface area contributed by atoms with E-state index in [0.29, 0.717) is 40.1 Å². The predicted octanol–water partition coefficient (Wildman–Crippen LogP) is 5.75. The molecule has 0 radical (unpaired) electrons. The van der Waals surface area contributed by atoms with Crippen molar-refractivity contribution in [1.29, 1.82) is 0 Å². The van der Waals surface area contributed by atoms with E-state index < -0.39 is 11.8 Å². The summed E-state index contributed by atoms with van der Waals surface area (Å²) < 4.78 is 32.5. The van der Waals surface area contributed by atoms with E-state index in [1.807, 2.05) is 13.0 Å². The molecule has 0 spiro atoms. The van der Waals surface area contributed by atoms with E-state index in [2.05, 4.69) is 25.9 Å². The molecular formula is C25H31FN2O4. The standard InChI is InChI=1S/C25H31FN2O4/c1-7-32-24(29)23-20-14-19(18-9-8-17(30-6)13-21(18)26)16(2)12-22(20)27-28(23)15-31-11-10-25(3,4)5/h8-9,12-14H,7,10-11,15H2,1-6H3. The molecular weight excluding hydrogens is 411 g/mol. The summed E-state index contributed by atoms with van der Waals surface area (Å²) in [5.74, 6) is -0.445. The van der Waals surface area contributed by atoms with Crippen LogP contribution in [0.25, 0.3) is 22.0 Å². The van der Waals surface area contributed by atoms with Crippen molar-refractivity contribution in [2.24, 2.45) is 5.41 Å². The number of hydrogen-bond acceptors (Lipinski definition) is 5. The Hall–Kier alpha value is -2.93. The number of rotatable bonds is 8. The van der Waals surface area contributed by atoms with Gasteiger partial charge in [-0.1, -0.05) is 20.8 Å². The molecule has 0 bridgehead atoms. The van der Waals surface area contributed by atoms with Crippen molar-refractivity contribution < 1.29 is 23.4 Å².